The first-order chi connectivity index (χ1) is 9.86. The summed E-state index contributed by atoms with van der Waals surface area (Å²) in [4.78, 5) is 43.0. The molecule has 0 spiro atoms. The molecule has 0 aliphatic rings. The van der Waals surface area contributed by atoms with Crippen LogP contribution in [0.5, 0.6) is 0 Å². The van der Waals surface area contributed by atoms with Gasteiger partial charge in [-0.05, 0) is 0 Å². The maximum Gasteiger partial charge on any atom is 0.508 e. The standard InChI is InChI=1S/C11H15NO9/c1-18-8(13)2-3-9(14)19-4-5-20-11(17)21-6-7(12)10(15)16/h2-3,7H,4-6,12H2,1H3,(H,15,16)/t7-/m0/s1. The third-order valence-corrected chi connectivity index (χ3v) is 1.80. The number of nitrogens with two attached hydrogens (primary N) is 1. The molecule has 0 aromatic carbocycles. The van der Waals surface area contributed by atoms with Gasteiger partial charge in [0.2, 0.25) is 0 Å². The minimum Gasteiger partial charge on any atom is -0.480 e. The van der Waals surface area contributed by atoms with E-state index in [1.807, 2.05) is 0 Å². The predicted octanol–water partition coefficient (Wildman–Crippen LogP) is -1.18. The lowest BCUT2D eigenvalue weighted by Crippen LogP contribution is -2.35. The first-order valence-electron chi connectivity index (χ1n) is 5.57. The Morgan fingerprint density at radius 3 is 2.19 bits per heavy atom. The minimum atomic E-state index is -1.35. The number of carbonyl (C=O) groups excluding carboxylic acids is 3. The lowest BCUT2D eigenvalue weighted by Gasteiger charge is -2.08. The molecule has 0 unspecified atom stereocenters. The Balaban J connectivity index is 3.73. The quantitative estimate of drug-likeness (QED) is 0.242. The molecular weight excluding hydrogens is 290 g/mol. The Labute approximate surface area is 119 Å². The lowest BCUT2D eigenvalue weighted by atomic mass is 10.3. The summed E-state index contributed by atoms with van der Waals surface area (Å²) in [6, 6.07) is -1.35. The zero-order valence-corrected chi connectivity index (χ0v) is 11.1. The molecule has 10 nitrogen and oxygen atoms in total. The summed E-state index contributed by atoms with van der Waals surface area (Å²) in [5, 5.41) is 8.42. The number of aliphatic carboxylic acids is 1. The number of carbonyl (C=O) groups is 4. The molecule has 1 atom stereocenters. The van der Waals surface area contributed by atoms with Crippen LogP contribution in [0.4, 0.5) is 4.79 Å². The molecule has 10 heteroatoms. The second-order valence-corrected chi connectivity index (χ2v) is 3.38. The van der Waals surface area contributed by atoms with Gasteiger partial charge in [-0.3, -0.25) is 4.79 Å². The summed E-state index contributed by atoms with van der Waals surface area (Å²) in [5.41, 5.74) is 5.08. The average Bonchev–Trinajstić information content (AvgIpc) is 2.46. The van der Waals surface area contributed by atoms with Crippen LogP contribution >= 0.6 is 0 Å². The third kappa shape index (κ3) is 9.90. The van der Waals surface area contributed by atoms with E-state index in [2.05, 4.69) is 18.9 Å². The van der Waals surface area contributed by atoms with Crippen LogP contribution in [0, 0.1) is 0 Å². The van der Waals surface area contributed by atoms with Crippen molar-refractivity contribution < 1.29 is 43.2 Å². The second kappa shape index (κ2) is 10.2. The number of methoxy groups -OCH3 is 1. The summed E-state index contributed by atoms with van der Waals surface area (Å²) in [6.45, 7) is -1.13. The lowest BCUT2D eigenvalue weighted by molar-refractivity contribution is -0.141. The van der Waals surface area contributed by atoms with E-state index in [1.54, 1.807) is 0 Å². The highest BCUT2D eigenvalue weighted by molar-refractivity contribution is 5.91. The monoisotopic (exact) mass is 305 g/mol. The van der Waals surface area contributed by atoms with Crippen molar-refractivity contribution >= 4 is 24.1 Å². The zero-order valence-electron chi connectivity index (χ0n) is 11.1. The fraction of sp³-hybridized carbons (Fsp3) is 0.455. The van der Waals surface area contributed by atoms with Gasteiger partial charge in [-0.15, -0.1) is 0 Å². The first kappa shape index (κ1) is 18.4. The molecule has 0 aromatic heterocycles. The number of hydrogen-bond acceptors (Lipinski definition) is 9. The molecule has 0 saturated carbocycles. The van der Waals surface area contributed by atoms with Crippen molar-refractivity contribution in [2.75, 3.05) is 26.9 Å². The van der Waals surface area contributed by atoms with Gasteiger partial charge < -0.3 is 29.8 Å². The van der Waals surface area contributed by atoms with Gasteiger partial charge in [0.25, 0.3) is 0 Å². The van der Waals surface area contributed by atoms with E-state index in [0.717, 1.165) is 19.3 Å². The van der Waals surface area contributed by atoms with E-state index < -0.39 is 36.7 Å². The number of rotatable bonds is 8. The highest BCUT2D eigenvalue weighted by atomic mass is 16.7. The van der Waals surface area contributed by atoms with Crippen LogP contribution in [-0.4, -0.2) is 62.1 Å². The Bertz CT molecular complexity index is 418. The molecule has 0 fully saturated rings. The summed E-state index contributed by atoms with van der Waals surface area (Å²) in [5.74, 6) is -2.87. The van der Waals surface area contributed by atoms with Crippen LogP contribution in [0.2, 0.25) is 0 Å². The Morgan fingerprint density at radius 1 is 1.05 bits per heavy atom. The van der Waals surface area contributed by atoms with Gasteiger partial charge in [0.15, 0.2) is 0 Å². The van der Waals surface area contributed by atoms with Crippen LogP contribution in [0.25, 0.3) is 0 Å². The van der Waals surface area contributed by atoms with E-state index in [0.29, 0.717) is 0 Å². The van der Waals surface area contributed by atoms with Crippen LogP contribution in [0.1, 0.15) is 0 Å². The Morgan fingerprint density at radius 2 is 1.62 bits per heavy atom. The van der Waals surface area contributed by atoms with Crippen LogP contribution in [-0.2, 0) is 33.3 Å². The number of carboxylic acid groups (broad SMARTS) is 1. The van der Waals surface area contributed by atoms with Crippen molar-refractivity contribution in [1.29, 1.82) is 0 Å². The highest BCUT2D eigenvalue weighted by Gasteiger charge is 2.14. The second-order valence-electron chi connectivity index (χ2n) is 3.38. The molecule has 0 aromatic rings. The van der Waals surface area contributed by atoms with Crippen molar-refractivity contribution in [2.45, 2.75) is 6.04 Å². The van der Waals surface area contributed by atoms with Gasteiger partial charge in [-0.25, -0.2) is 14.4 Å². The van der Waals surface area contributed by atoms with Gasteiger partial charge in [0.05, 0.1) is 7.11 Å². The van der Waals surface area contributed by atoms with Crippen molar-refractivity contribution in [3.63, 3.8) is 0 Å². The molecule has 3 N–H and O–H groups in total. The van der Waals surface area contributed by atoms with Gasteiger partial charge >= 0.3 is 24.1 Å². The van der Waals surface area contributed by atoms with Crippen LogP contribution in [0.3, 0.4) is 0 Å². The summed E-state index contributed by atoms with van der Waals surface area (Å²) >= 11 is 0. The van der Waals surface area contributed by atoms with E-state index >= 15 is 0 Å². The van der Waals surface area contributed by atoms with Crippen molar-refractivity contribution in [3.8, 4) is 0 Å². The largest absolute Gasteiger partial charge is 0.508 e. The maximum atomic E-state index is 11.0. The van der Waals surface area contributed by atoms with Gasteiger partial charge in [0.1, 0.15) is 25.9 Å². The molecule has 0 rings (SSSR count). The van der Waals surface area contributed by atoms with E-state index in [1.165, 1.54) is 0 Å². The molecule has 21 heavy (non-hydrogen) atoms. The normalized spacial score (nSPS) is 11.5. The van der Waals surface area contributed by atoms with Crippen LogP contribution < -0.4 is 5.73 Å². The van der Waals surface area contributed by atoms with Gasteiger partial charge in [-0.1, -0.05) is 0 Å². The fourth-order valence-electron chi connectivity index (χ4n) is 0.790. The first-order valence-corrected chi connectivity index (χ1v) is 5.57. The molecule has 0 saturated heterocycles. The summed E-state index contributed by atoms with van der Waals surface area (Å²) in [7, 11) is 1.15. The molecular formula is C11H15NO9. The highest BCUT2D eigenvalue weighted by Crippen LogP contribution is 1.90. The smallest absolute Gasteiger partial charge is 0.480 e. The molecule has 0 amide bonds. The molecule has 0 radical (unpaired) electrons. The molecule has 0 heterocycles. The van der Waals surface area contributed by atoms with Gasteiger partial charge in [0, 0.05) is 12.2 Å². The number of esters is 2. The van der Waals surface area contributed by atoms with Crippen molar-refractivity contribution in [3.05, 3.63) is 12.2 Å². The number of ether oxygens (including phenoxy) is 4. The van der Waals surface area contributed by atoms with Crippen molar-refractivity contribution in [2.24, 2.45) is 5.73 Å². The Kier molecular flexibility index (Phi) is 8.93. The predicted molar refractivity (Wildman–Crippen MR) is 65.0 cm³/mol. The van der Waals surface area contributed by atoms with Gasteiger partial charge in [-0.2, -0.15) is 0 Å². The number of carboxylic acids is 1. The van der Waals surface area contributed by atoms with E-state index in [-0.39, 0.29) is 13.2 Å². The molecule has 0 bridgehead atoms. The van der Waals surface area contributed by atoms with E-state index in [4.69, 9.17) is 10.8 Å². The Hall–Kier alpha value is -2.62. The summed E-state index contributed by atoms with van der Waals surface area (Å²) in [6.07, 6.45) is 0.564. The minimum absolute atomic E-state index is 0.273. The molecule has 0 aliphatic carbocycles. The number of hydrogen-bond donors (Lipinski definition) is 2. The van der Waals surface area contributed by atoms with Crippen molar-refractivity contribution in [1.82, 2.24) is 0 Å². The van der Waals surface area contributed by atoms with Crippen LogP contribution in [0.15, 0.2) is 12.2 Å². The topological polar surface area (TPSA) is 151 Å². The van der Waals surface area contributed by atoms with E-state index in [9.17, 15) is 19.2 Å². The molecule has 0 aliphatic heterocycles. The fourth-order valence-corrected chi connectivity index (χ4v) is 0.790. The SMILES string of the molecule is COC(=O)C=CC(=O)OCCOC(=O)OC[C@H](N)C(=O)O. The summed E-state index contributed by atoms with van der Waals surface area (Å²) < 4.78 is 17.7. The zero-order chi connectivity index (χ0) is 16.3. The maximum absolute atomic E-state index is 11.0. The average molecular weight is 305 g/mol. The third-order valence-electron chi connectivity index (χ3n) is 1.80. The molecule has 118 valence electrons.